The molecule has 0 amide bonds. The Morgan fingerprint density at radius 3 is 1.73 bits per heavy atom. The molecule has 0 N–H and O–H groups in total. The minimum Gasteiger partial charge on any atom is -0.455 e. The third-order valence-electron chi connectivity index (χ3n) is 9.72. The van der Waals surface area contributed by atoms with Gasteiger partial charge in [0.1, 0.15) is 11.2 Å². The molecule has 0 saturated heterocycles. The fourth-order valence-electron chi connectivity index (χ4n) is 7.46. The molecule has 1 aromatic heterocycles. The molecule has 1 heterocycles. The molecular formula is C48H30O. The van der Waals surface area contributed by atoms with E-state index in [1.165, 1.54) is 5.39 Å². The lowest BCUT2D eigenvalue weighted by molar-refractivity contribution is 0.670. The van der Waals surface area contributed by atoms with Gasteiger partial charge in [-0.1, -0.05) is 158 Å². The summed E-state index contributed by atoms with van der Waals surface area (Å²) in [4.78, 5) is 0. The van der Waals surface area contributed by atoms with Gasteiger partial charge in [0.25, 0.3) is 0 Å². The Labute approximate surface area is 289 Å². The highest BCUT2D eigenvalue weighted by molar-refractivity contribution is 6.21. The second kappa shape index (κ2) is 11.1. The van der Waals surface area contributed by atoms with Crippen LogP contribution in [0, 0.1) is 0 Å². The Kier molecular flexibility index (Phi) is 5.38. The van der Waals surface area contributed by atoms with Crippen molar-refractivity contribution >= 4 is 54.3 Å². The molecule has 0 unspecified atom stereocenters. The molecule has 10 rings (SSSR count). The third-order valence-corrected chi connectivity index (χ3v) is 9.72. The molecule has 0 fully saturated rings. The number of benzene rings is 9. The zero-order chi connectivity index (χ0) is 35.8. The second-order valence-corrected chi connectivity index (χ2v) is 12.5. The Bertz CT molecular complexity index is 3050. The van der Waals surface area contributed by atoms with Gasteiger partial charge in [0.15, 0.2) is 0 Å². The summed E-state index contributed by atoms with van der Waals surface area (Å²) in [6, 6.07) is 52.8. The maximum absolute atomic E-state index is 9.83. The highest BCUT2D eigenvalue weighted by Gasteiger charge is 2.18. The van der Waals surface area contributed by atoms with Crippen LogP contribution in [0.5, 0.6) is 0 Å². The first-order valence-electron chi connectivity index (χ1n) is 18.5. The van der Waals surface area contributed by atoms with E-state index < -0.39 is 0 Å². The van der Waals surface area contributed by atoms with Gasteiger partial charge in [0.2, 0.25) is 0 Å². The van der Waals surface area contributed by atoms with Gasteiger partial charge in [0.05, 0.1) is 5.48 Å². The van der Waals surface area contributed by atoms with Crippen LogP contribution in [0.4, 0.5) is 0 Å². The summed E-state index contributed by atoms with van der Waals surface area (Å²) in [5.74, 6) is 0. The number of hydrogen-bond donors (Lipinski definition) is 0. The zero-order valence-electron chi connectivity index (χ0n) is 30.4. The van der Waals surface area contributed by atoms with Gasteiger partial charge in [-0.15, -0.1) is 0 Å². The van der Waals surface area contributed by atoms with Crippen LogP contribution in [0.25, 0.3) is 98.8 Å². The lowest BCUT2D eigenvalue weighted by Crippen LogP contribution is -1.91. The van der Waals surface area contributed by atoms with Crippen LogP contribution < -0.4 is 0 Å². The van der Waals surface area contributed by atoms with E-state index in [0.29, 0.717) is 22.3 Å². The number of fused-ring (bicyclic) bond motifs is 6. The van der Waals surface area contributed by atoms with Crippen molar-refractivity contribution in [2.75, 3.05) is 0 Å². The lowest BCUT2D eigenvalue weighted by atomic mass is 9.85. The summed E-state index contributed by atoms with van der Waals surface area (Å²) >= 11 is 0. The zero-order valence-corrected chi connectivity index (χ0v) is 26.4. The van der Waals surface area contributed by atoms with Crippen LogP contribution in [-0.4, -0.2) is 0 Å². The maximum Gasteiger partial charge on any atom is 0.143 e. The molecule has 9 aromatic carbocycles. The number of hydrogen-bond acceptors (Lipinski definition) is 1. The van der Waals surface area contributed by atoms with E-state index in [1.54, 1.807) is 0 Å². The molecular weight excluding hydrogens is 593 g/mol. The first-order valence-corrected chi connectivity index (χ1v) is 16.5. The maximum atomic E-state index is 9.83. The molecule has 0 aliphatic rings. The van der Waals surface area contributed by atoms with Gasteiger partial charge >= 0.3 is 0 Å². The highest BCUT2D eigenvalue weighted by atomic mass is 16.3. The summed E-state index contributed by atoms with van der Waals surface area (Å²) in [5.41, 5.74) is 7.41. The predicted molar refractivity (Wildman–Crippen MR) is 208 cm³/mol. The summed E-state index contributed by atoms with van der Waals surface area (Å²) in [6.07, 6.45) is 0. The average molecular weight is 627 g/mol. The van der Waals surface area contributed by atoms with E-state index in [0.717, 1.165) is 65.5 Å². The van der Waals surface area contributed by atoms with Crippen molar-refractivity contribution in [3.8, 4) is 44.5 Å². The van der Waals surface area contributed by atoms with Gasteiger partial charge in [0, 0.05) is 16.3 Å². The van der Waals surface area contributed by atoms with Crippen molar-refractivity contribution in [2.24, 2.45) is 0 Å². The Balaban J connectivity index is 1.22. The minimum absolute atomic E-state index is 0.0311. The summed E-state index contributed by atoms with van der Waals surface area (Å²) in [5, 5.41) is 7.92. The van der Waals surface area contributed by atoms with Crippen LogP contribution in [0.15, 0.2) is 186 Å². The van der Waals surface area contributed by atoms with Crippen molar-refractivity contribution < 1.29 is 9.90 Å². The molecule has 0 aliphatic heterocycles. The molecule has 0 aliphatic carbocycles. The molecule has 0 spiro atoms. The summed E-state index contributed by atoms with van der Waals surface area (Å²) in [7, 11) is 0. The Morgan fingerprint density at radius 1 is 0.388 bits per heavy atom. The molecule has 0 bridgehead atoms. The topological polar surface area (TPSA) is 13.1 Å². The summed E-state index contributed by atoms with van der Waals surface area (Å²) in [6.45, 7) is 0. The minimum atomic E-state index is -0.224. The molecule has 49 heavy (non-hydrogen) atoms. The highest BCUT2D eigenvalue weighted by Crippen LogP contribution is 2.45. The molecule has 1 nitrogen and oxygen atoms in total. The van der Waals surface area contributed by atoms with Crippen molar-refractivity contribution in [2.45, 2.75) is 0 Å². The standard InChI is InChI=1S/C48H30O/c1-2-13-32(14-3-1)46-40-18-6-8-20-42(40)47(43-21-9-7-19-41(43)46)37-17-10-16-36(29-37)38-22-11-23-44-39-27-26-35(30-45(39)49-48(38)44)34-25-24-31-12-4-5-15-33(31)28-34/h1-30H/i10D,16D,17D,29D. The quantitative estimate of drug-likeness (QED) is 0.177. The van der Waals surface area contributed by atoms with Crippen molar-refractivity contribution in [3.63, 3.8) is 0 Å². The van der Waals surface area contributed by atoms with Crippen molar-refractivity contribution in [1.29, 1.82) is 0 Å². The molecule has 10 aromatic rings. The Morgan fingerprint density at radius 2 is 0.980 bits per heavy atom. The van der Waals surface area contributed by atoms with Gasteiger partial charge in [-0.05, 0) is 95.5 Å². The van der Waals surface area contributed by atoms with Crippen LogP contribution in [0.1, 0.15) is 5.48 Å². The first-order chi connectivity index (χ1) is 26.0. The van der Waals surface area contributed by atoms with E-state index in [1.807, 2.05) is 91.0 Å². The van der Waals surface area contributed by atoms with E-state index in [2.05, 4.69) is 66.7 Å². The van der Waals surface area contributed by atoms with E-state index in [-0.39, 0.29) is 29.7 Å². The number of para-hydroxylation sites is 1. The largest absolute Gasteiger partial charge is 0.455 e. The molecule has 0 saturated carbocycles. The second-order valence-electron chi connectivity index (χ2n) is 12.5. The number of rotatable bonds is 4. The lowest BCUT2D eigenvalue weighted by Gasteiger charge is -2.18. The van der Waals surface area contributed by atoms with Gasteiger partial charge < -0.3 is 4.42 Å². The molecule has 0 atom stereocenters. The van der Waals surface area contributed by atoms with Gasteiger partial charge in [-0.3, -0.25) is 0 Å². The Hall–Kier alpha value is -6.44. The van der Waals surface area contributed by atoms with E-state index in [4.69, 9.17) is 5.79 Å². The van der Waals surface area contributed by atoms with Crippen LogP contribution in [0.3, 0.4) is 0 Å². The third kappa shape index (κ3) is 4.47. The fourth-order valence-corrected chi connectivity index (χ4v) is 7.46. The molecule has 0 radical (unpaired) electrons. The van der Waals surface area contributed by atoms with Crippen molar-refractivity contribution in [1.82, 2.24) is 0 Å². The van der Waals surface area contributed by atoms with Crippen molar-refractivity contribution in [3.05, 3.63) is 182 Å². The fraction of sp³-hybridized carbons (Fsp3) is 0. The average Bonchev–Trinajstić information content (AvgIpc) is 3.59. The monoisotopic (exact) mass is 626 g/mol. The smallest absolute Gasteiger partial charge is 0.143 e. The van der Waals surface area contributed by atoms with Gasteiger partial charge in [-0.2, -0.15) is 0 Å². The van der Waals surface area contributed by atoms with Crippen LogP contribution >= 0.6 is 0 Å². The normalized spacial score (nSPS) is 12.8. The molecule has 228 valence electrons. The SMILES string of the molecule is [2H]c1c([2H])c(-c2c3ccccc3c(-c3ccccc3)c3ccccc23)c([2H])c(-c2cccc3c2oc2cc(-c4ccc5ccccc5c4)ccc23)c1[2H]. The van der Waals surface area contributed by atoms with E-state index in [9.17, 15) is 4.11 Å². The van der Waals surface area contributed by atoms with E-state index >= 15 is 0 Å². The van der Waals surface area contributed by atoms with Crippen LogP contribution in [-0.2, 0) is 0 Å². The molecule has 1 heteroatoms. The van der Waals surface area contributed by atoms with Gasteiger partial charge in [-0.25, -0.2) is 0 Å². The van der Waals surface area contributed by atoms with Crippen LogP contribution in [0.2, 0.25) is 0 Å². The summed E-state index contributed by atoms with van der Waals surface area (Å²) < 4.78 is 44.1. The first kappa shape index (κ1) is 23.8. The number of furan rings is 1. The predicted octanol–water partition coefficient (Wildman–Crippen LogP) is 13.7.